The number of halogens is 1. The van der Waals surface area contributed by atoms with Gasteiger partial charge in [-0.15, -0.1) is 0 Å². The SMILES string of the molecule is CC(C)c1ccccc1Oc1nccnc1Cl. The quantitative estimate of drug-likeness (QED) is 0.822. The topological polar surface area (TPSA) is 35.0 Å². The normalized spacial score (nSPS) is 10.6. The van der Waals surface area contributed by atoms with E-state index in [0.29, 0.717) is 11.8 Å². The first kappa shape index (κ1) is 11.9. The molecule has 1 heterocycles. The van der Waals surface area contributed by atoms with Crippen molar-refractivity contribution >= 4 is 11.6 Å². The average Bonchev–Trinajstić information content (AvgIpc) is 2.32. The Morgan fingerprint density at radius 2 is 1.82 bits per heavy atom. The molecule has 2 aromatic rings. The summed E-state index contributed by atoms with van der Waals surface area (Å²) in [4.78, 5) is 7.99. The summed E-state index contributed by atoms with van der Waals surface area (Å²) in [6, 6.07) is 7.84. The summed E-state index contributed by atoms with van der Waals surface area (Å²) in [6.07, 6.45) is 3.09. The van der Waals surface area contributed by atoms with E-state index in [9.17, 15) is 0 Å². The summed E-state index contributed by atoms with van der Waals surface area (Å²) in [5.74, 6) is 1.48. The largest absolute Gasteiger partial charge is 0.436 e. The van der Waals surface area contributed by atoms with E-state index in [4.69, 9.17) is 16.3 Å². The number of rotatable bonds is 3. The number of benzene rings is 1. The third-order valence-electron chi connectivity index (χ3n) is 2.37. The minimum absolute atomic E-state index is 0.269. The maximum atomic E-state index is 5.91. The van der Waals surface area contributed by atoms with Crippen LogP contribution in [0.25, 0.3) is 0 Å². The maximum Gasteiger partial charge on any atom is 0.257 e. The molecule has 0 radical (unpaired) electrons. The van der Waals surface area contributed by atoms with Crippen LogP contribution in [0.2, 0.25) is 5.15 Å². The average molecular weight is 249 g/mol. The van der Waals surface area contributed by atoms with Gasteiger partial charge in [0.25, 0.3) is 5.88 Å². The molecule has 0 saturated heterocycles. The van der Waals surface area contributed by atoms with Crippen LogP contribution in [-0.4, -0.2) is 9.97 Å². The molecule has 0 aliphatic carbocycles. The van der Waals surface area contributed by atoms with Gasteiger partial charge in [-0.25, -0.2) is 9.97 Å². The lowest BCUT2D eigenvalue weighted by molar-refractivity contribution is 0.452. The second kappa shape index (κ2) is 5.15. The van der Waals surface area contributed by atoms with Crippen LogP contribution in [0.1, 0.15) is 25.3 Å². The summed E-state index contributed by atoms with van der Waals surface area (Å²) in [7, 11) is 0. The molecule has 88 valence electrons. The van der Waals surface area contributed by atoms with Gasteiger partial charge < -0.3 is 4.74 Å². The second-order valence-corrected chi connectivity index (χ2v) is 4.30. The zero-order valence-corrected chi connectivity index (χ0v) is 10.5. The van der Waals surface area contributed by atoms with Gasteiger partial charge in [-0.2, -0.15) is 0 Å². The van der Waals surface area contributed by atoms with Crippen molar-refractivity contribution in [2.24, 2.45) is 0 Å². The number of aromatic nitrogens is 2. The zero-order valence-electron chi connectivity index (χ0n) is 9.72. The molecule has 0 spiro atoms. The molecule has 0 atom stereocenters. The van der Waals surface area contributed by atoms with Crippen LogP contribution in [0.15, 0.2) is 36.7 Å². The Hall–Kier alpha value is -1.61. The number of hydrogen-bond acceptors (Lipinski definition) is 3. The van der Waals surface area contributed by atoms with E-state index in [2.05, 4.69) is 23.8 Å². The molecular weight excluding hydrogens is 236 g/mol. The van der Waals surface area contributed by atoms with Crippen LogP contribution < -0.4 is 4.74 Å². The van der Waals surface area contributed by atoms with Gasteiger partial charge in [-0.3, -0.25) is 0 Å². The smallest absolute Gasteiger partial charge is 0.257 e. The predicted octanol–water partition coefficient (Wildman–Crippen LogP) is 4.05. The lowest BCUT2D eigenvalue weighted by Gasteiger charge is -2.12. The van der Waals surface area contributed by atoms with Crippen LogP contribution in [0.5, 0.6) is 11.6 Å². The standard InChI is InChI=1S/C13H13ClN2O/c1-9(2)10-5-3-4-6-11(10)17-13-12(14)15-7-8-16-13/h3-9H,1-2H3. The van der Waals surface area contributed by atoms with Crippen molar-refractivity contribution in [3.8, 4) is 11.6 Å². The summed E-state index contributed by atoms with van der Waals surface area (Å²) < 4.78 is 5.70. The summed E-state index contributed by atoms with van der Waals surface area (Å²) in [5, 5.41) is 0.269. The molecular formula is C13H13ClN2O. The van der Waals surface area contributed by atoms with Gasteiger partial charge in [0, 0.05) is 12.4 Å². The Labute approximate surface area is 105 Å². The molecule has 0 aliphatic rings. The van der Waals surface area contributed by atoms with E-state index in [1.54, 1.807) is 6.20 Å². The van der Waals surface area contributed by atoms with Crippen molar-refractivity contribution in [2.75, 3.05) is 0 Å². The van der Waals surface area contributed by atoms with Crippen molar-refractivity contribution in [3.05, 3.63) is 47.4 Å². The fraction of sp³-hybridized carbons (Fsp3) is 0.231. The first-order chi connectivity index (χ1) is 8.18. The molecule has 1 aromatic carbocycles. The highest BCUT2D eigenvalue weighted by Gasteiger charge is 2.10. The monoisotopic (exact) mass is 248 g/mol. The fourth-order valence-electron chi connectivity index (χ4n) is 1.53. The second-order valence-electron chi connectivity index (χ2n) is 3.95. The lowest BCUT2D eigenvalue weighted by atomic mass is 10.0. The molecule has 0 fully saturated rings. The molecule has 0 saturated carbocycles. The third kappa shape index (κ3) is 2.74. The minimum Gasteiger partial charge on any atom is -0.436 e. The molecule has 1 aromatic heterocycles. The van der Waals surface area contributed by atoms with E-state index >= 15 is 0 Å². The summed E-state index contributed by atoms with van der Waals surface area (Å²) >= 11 is 5.91. The molecule has 0 amide bonds. The van der Waals surface area contributed by atoms with Gasteiger partial charge in [0.05, 0.1) is 0 Å². The minimum atomic E-state index is 0.269. The van der Waals surface area contributed by atoms with Gasteiger partial charge in [0.15, 0.2) is 5.15 Å². The molecule has 0 bridgehead atoms. The number of hydrogen-bond donors (Lipinski definition) is 0. The van der Waals surface area contributed by atoms with E-state index in [1.165, 1.54) is 6.20 Å². The molecule has 3 nitrogen and oxygen atoms in total. The fourth-order valence-corrected chi connectivity index (χ4v) is 1.68. The van der Waals surface area contributed by atoms with Gasteiger partial charge in [-0.1, -0.05) is 43.6 Å². The lowest BCUT2D eigenvalue weighted by Crippen LogP contribution is -1.96. The Morgan fingerprint density at radius 3 is 2.53 bits per heavy atom. The van der Waals surface area contributed by atoms with Crippen LogP contribution in [0, 0.1) is 0 Å². The first-order valence-corrected chi connectivity index (χ1v) is 5.79. The Kier molecular flexibility index (Phi) is 3.59. The molecule has 17 heavy (non-hydrogen) atoms. The Morgan fingerprint density at radius 1 is 1.12 bits per heavy atom. The van der Waals surface area contributed by atoms with Gasteiger partial charge in [0.1, 0.15) is 5.75 Å². The Balaban J connectivity index is 2.34. The van der Waals surface area contributed by atoms with E-state index in [1.807, 2.05) is 24.3 Å². The van der Waals surface area contributed by atoms with Gasteiger partial charge >= 0.3 is 0 Å². The number of nitrogens with zero attached hydrogens (tertiary/aromatic N) is 2. The molecule has 4 heteroatoms. The van der Waals surface area contributed by atoms with Crippen molar-refractivity contribution in [2.45, 2.75) is 19.8 Å². The highest BCUT2D eigenvalue weighted by atomic mass is 35.5. The molecule has 0 N–H and O–H groups in total. The van der Waals surface area contributed by atoms with Crippen molar-refractivity contribution < 1.29 is 4.74 Å². The van der Waals surface area contributed by atoms with Crippen molar-refractivity contribution in [1.29, 1.82) is 0 Å². The number of para-hydroxylation sites is 1. The predicted molar refractivity (Wildman–Crippen MR) is 67.6 cm³/mol. The highest BCUT2D eigenvalue weighted by molar-refractivity contribution is 6.30. The maximum absolute atomic E-state index is 5.91. The zero-order chi connectivity index (χ0) is 12.3. The van der Waals surface area contributed by atoms with Crippen LogP contribution >= 0.6 is 11.6 Å². The van der Waals surface area contributed by atoms with E-state index in [-0.39, 0.29) is 5.15 Å². The molecule has 0 aliphatic heterocycles. The Bertz CT molecular complexity index is 514. The van der Waals surface area contributed by atoms with Gasteiger partial charge in [0.2, 0.25) is 0 Å². The van der Waals surface area contributed by atoms with Gasteiger partial charge in [-0.05, 0) is 17.5 Å². The third-order valence-corrected chi connectivity index (χ3v) is 2.63. The molecule has 2 rings (SSSR count). The van der Waals surface area contributed by atoms with Crippen LogP contribution in [-0.2, 0) is 0 Å². The number of ether oxygens (including phenoxy) is 1. The summed E-state index contributed by atoms with van der Waals surface area (Å²) in [6.45, 7) is 4.22. The van der Waals surface area contributed by atoms with Crippen molar-refractivity contribution in [3.63, 3.8) is 0 Å². The van der Waals surface area contributed by atoms with Crippen molar-refractivity contribution in [1.82, 2.24) is 9.97 Å². The summed E-state index contributed by atoms with van der Waals surface area (Å²) in [5.41, 5.74) is 1.12. The van der Waals surface area contributed by atoms with E-state index < -0.39 is 0 Å². The van der Waals surface area contributed by atoms with Crippen LogP contribution in [0.3, 0.4) is 0 Å². The van der Waals surface area contributed by atoms with E-state index in [0.717, 1.165) is 11.3 Å². The molecule has 0 unspecified atom stereocenters. The van der Waals surface area contributed by atoms with Crippen LogP contribution in [0.4, 0.5) is 0 Å². The first-order valence-electron chi connectivity index (χ1n) is 5.41. The highest BCUT2D eigenvalue weighted by Crippen LogP contribution is 2.31.